The van der Waals surface area contributed by atoms with Gasteiger partial charge in [0.15, 0.2) is 0 Å². The second-order valence-corrected chi connectivity index (χ2v) is 11.7. The summed E-state index contributed by atoms with van der Waals surface area (Å²) in [4.78, 5) is 41.0. The quantitative estimate of drug-likeness (QED) is 0.125. The molecule has 0 radical (unpaired) electrons. The monoisotopic (exact) mass is 604 g/mol. The van der Waals surface area contributed by atoms with Crippen LogP contribution in [-0.4, -0.2) is 47.6 Å². The highest BCUT2D eigenvalue weighted by Crippen LogP contribution is 2.40. The van der Waals surface area contributed by atoms with E-state index in [1.165, 1.54) is 23.8 Å². The van der Waals surface area contributed by atoms with Gasteiger partial charge in [0.25, 0.3) is 5.69 Å². The predicted octanol–water partition coefficient (Wildman–Crippen LogP) is 5.84. The van der Waals surface area contributed by atoms with Crippen LogP contribution in [0.25, 0.3) is 0 Å². The van der Waals surface area contributed by atoms with E-state index in [0.29, 0.717) is 30.6 Å². The molecule has 0 aromatic heterocycles. The van der Waals surface area contributed by atoms with E-state index >= 15 is 0 Å². The van der Waals surface area contributed by atoms with Gasteiger partial charge in [0, 0.05) is 30.4 Å². The molecule has 1 saturated carbocycles. The number of dihydropyridines is 1. The number of non-ortho nitro benzene ring substituents is 1. The first-order valence-electron chi connectivity index (χ1n) is 15.5. The van der Waals surface area contributed by atoms with Gasteiger partial charge in [-0.25, -0.2) is 9.59 Å². The molecule has 3 N–H and O–H groups in total. The van der Waals surface area contributed by atoms with Crippen molar-refractivity contribution in [3.8, 4) is 0 Å². The van der Waals surface area contributed by atoms with Crippen LogP contribution in [-0.2, 0) is 25.6 Å². The molecule has 0 amide bonds. The molecule has 2 aliphatic rings. The first-order chi connectivity index (χ1) is 21.2. The molecular weight excluding hydrogens is 560 g/mol. The molecule has 10 nitrogen and oxygen atoms in total. The summed E-state index contributed by atoms with van der Waals surface area (Å²) in [7, 11) is 2.03. The lowest BCUT2D eigenvalue weighted by Gasteiger charge is -2.38. The van der Waals surface area contributed by atoms with E-state index in [1.807, 2.05) is 25.2 Å². The zero-order valence-electron chi connectivity index (χ0n) is 25.9. The number of hydrogen-bond acceptors (Lipinski definition) is 9. The Morgan fingerprint density at radius 2 is 1.77 bits per heavy atom. The molecule has 1 aliphatic carbocycles. The number of allylic oxidation sites excluding steroid dienone is 1. The number of nitro benzene ring substituents is 1. The van der Waals surface area contributed by atoms with Crippen LogP contribution >= 0.6 is 0 Å². The molecular formula is C34H44N4O6. The van der Waals surface area contributed by atoms with Crippen molar-refractivity contribution in [1.29, 1.82) is 0 Å². The maximum Gasteiger partial charge on any atom is 0.339 e. The third-order valence-corrected chi connectivity index (χ3v) is 8.45. The van der Waals surface area contributed by atoms with Crippen molar-refractivity contribution in [2.45, 2.75) is 89.8 Å². The van der Waals surface area contributed by atoms with Crippen LogP contribution in [0.2, 0.25) is 0 Å². The molecule has 2 aromatic carbocycles. The normalized spacial score (nSPS) is 20.3. The van der Waals surface area contributed by atoms with Crippen molar-refractivity contribution >= 4 is 17.6 Å². The lowest BCUT2D eigenvalue weighted by atomic mass is 9.81. The average molecular weight is 605 g/mol. The number of unbranched alkanes of at least 4 members (excludes halogenated alkanes) is 3. The summed E-state index contributed by atoms with van der Waals surface area (Å²) >= 11 is 0. The minimum atomic E-state index is -1.00. The van der Waals surface area contributed by atoms with Crippen LogP contribution in [0.4, 0.5) is 5.69 Å². The number of esters is 2. The number of rotatable bonds is 13. The summed E-state index contributed by atoms with van der Waals surface area (Å²) in [5.41, 5.74) is 8.49. The highest BCUT2D eigenvalue weighted by atomic mass is 16.6. The number of nitro groups is 1. The predicted molar refractivity (Wildman–Crippen MR) is 168 cm³/mol. The van der Waals surface area contributed by atoms with Crippen molar-refractivity contribution in [3.63, 3.8) is 0 Å². The highest BCUT2D eigenvalue weighted by Gasteiger charge is 2.41. The van der Waals surface area contributed by atoms with Crippen LogP contribution < -0.4 is 11.1 Å². The Morgan fingerprint density at radius 1 is 1.02 bits per heavy atom. The van der Waals surface area contributed by atoms with E-state index < -0.39 is 28.9 Å². The second kappa shape index (κ2) is 15.5. The number of nitrogens with one attached hydrogen (secondary N) is 1. The summed E-state index contributed by atoms with van der Waals surface area (Å²) in [6, 6.07) is 16.1. The topological polar surface area (TPSA) is 137 Å². The number of likely N-dealkylation sites (N-methyl/N-ethyl adjacent to an activating group) is 1. The molecule has 0 saturated heterocycles. The smallest absolute Gasteiger partial charge is 0.339 e. The summed E-state index contributed by atoms with van der Waals surface area (Å²) in [6.45, 7) is 4.72. The number of hydrogen-bond donors (Lipinski definition) is 2. The minimum absolute atomic E-state index is 0.00706. The lowest BCUT2D eigenvalue weighted by molar-refractivity contribution is -0.384. The van der Waals surface area contributed by atoms with Crippen LogP contribution in [0, 0.1) is 10.1 Å². The highest BCUT2D eigenvalue weighted by molar-refractivity contribution is 6.00. The molecule has 236 valence electrons. The van der Waals surface area contributed by atoms with E-state index in [-0.39, 0.29) is 35.3 Å². The molecule has 1 fully saturated rings. The minimum Gasteiger partial charge on any atom is -0.462 e. The van der Waals surface area contributed by atoms with Crippen LogP contribution in [0.1, 0.15) is 82.3 Å². The van der Waals surface area contributed by atoms with Gasteiger partial charge >= 0.3 is 11.9 Å². The lowest BCUT2D eigenvalue weighted by Crippen LogP contribution is -2.46. The van der Waals surface area contributed by atoms with Crippen molar-refractivity contribution in [3.05, 3.63) is 98.5 Å². The van der Waals surface area contributed by atoms with Gasteiger partial charge in [-0.05, 0) is 50.8 Å². The molecule has 3 unspecified atom stereocenters. The molecule has 1 aliphatic heterocycles. The Bertz CT molecular complexity index is 1390. The molecule has 3 atom stereocenters. The van der Waals surface area contributed by atoms with Crippen LogP contribution in [0.5, 0.6) is 0 Å². The molecule has 10 heteroatoms. The molecule has 0 bridgehead atoms. The first kappa shape index (κ1) is 32.7. The Labute approximate surface area is 259 Å². The van der Waals surface area contributed by atoms with E-state index in [4.69, 9.17) is 15.2 Å². The molecule has 1 heterocycles. The van der Waals surface area contributed by atoms with Gasteiger partial charge in [-0.15, -0.1) is 0 Å². The summed E-state index contributed by atoms with van der Waals surface area (Å²) in [6.07, 6.45) is 6.85. The van der Waals surface area contributed by atoms with E-state index in [2.05, 4.69) is 29.3 Å². The third kappa shape index (κ3) is 8.05. The summed E-state index contributed by atoms with van der Waals surface area (Å²) < 4.78 is 11.9. The van der Waals surface area contributed by atoms with Crippen molar-refractivity contribution < 1.29 is 24.0 Å². The Kier molecular flexibility index (Phi) is 11.5. The van der Waals surface area contributed by atoms with E-state index in [9.17, 15) is 19.7 Å². The second-order valence-electron chi connectivity index (χ2n) is 11.7. The zero-order valence-corrected chi connectivity index (χ0v) is 25.9. The summed E-state index contributed by atoms with van der Waals surface area (Å²) in [5.74, 6) is -2.21. The molecule has 2 aromatic rings. The number of carbonyl (C=O) groups excluding carboxylic acids is 2. The van der Waals surface area contributed by atoms with E-state index in [1.54, 1.807) is 13.0 Å². The number of ether oxygens (including phenoxy) is 2. The van der Waals surface area contributed by atoms with Crippen LogP contribution in [0.3, 0.4) is 0 Å². The molecule has 44 heavy (non-hydrogen) atoms. The Balaban J connectivity index is 1.63. The molecule has 0 spiro atoms. The number of carbonyl (C=O) groups is 2. The van der Waals surface area contributed by atoms with Gasteiger partial charge < -0.3 is 20.5 Å². The van der Waals surface area contributed by atoms with Crippen LogP contribution in [0.15, 0.2) is 77.3 Å². The average Bonchev–Trinajstić information content (AvgIpc) is 3.01. The van der Waals surface area contributed by atoms with Crippen molar-refractivity contribution in [2.24, 2.45) is 5.73 Å². The third-order valence-electron chi connectivity index (χ3n) is 8.45. The van der Waals surface area contributed by atoms with Crippen molar-refractivity contribution in [1.82, 2.24) is 10.2 Å². The SMILES string of the molecule is CCCCCCOC(=O)C1=C(C)NC(N)=C(C(=O)OC2CCCCC2N(C)Cc2ccccc2)C1c1cccc([N+](=O)[O-])c1. The fourth-order valence-electron chi connectivity index (χ4n) is 6.18. The number of nitrogens with zero attached hydrogens (tertiary/aromatic N) is 2. The van der Waals surface area contributed by atoms with Gasteiger partial charge in [-0.2, -0.15) is 0 Å². The van der Waals surface area contributed by atoms with E-state index in [0.717, 1.165) is 38.5 Å². The van der Waals surface area contributed by atoms with Gasteiger partial charge in [0.2, 0.25) is 0 Å². The Morgan fingerprint density at radius 3 is 2.50 bits per heavy atom. The number of benzene rings is 2. The summed E-state index contributed by atoms with van der Waals surface area (Å²) in [5, 5.41) is 14.7. The fraction of sp³-hybridized carbons (Fsp3) is 0.471. The fourth-order valence-corrected chi connectivity index (χ4v) is 6.18. The Hall–Kier alpha value is -4.18. The largest absolute Gasteiger partial charge is 0.462 e. The zero-order chi connectivity index (χ0) is 31.6. The maximum atomic E-state index is 14.1. The standard InChI is InChI=1S/C34H44N4O6/c1-4-5-6-12-20-43-33(39)29-23(2)36-32(35)31(30(29)25-16-13-17-26(21-25)38(41)42)34(40)44-28-19-11-10-18-27(28)37(3)22-24-14-8-7-9-15-24/h7-9,13-17,21,27-28,30,36H,4-6,10-12,18-20,22,35H2,1-3H3. The maximum absolute atomic E-state index is 14.1. The van der Waals surface area contributed by atoms with Crippen molar-refractivity contribution in [2.75, 3.05) is 13.7 Å². The first-order valence-corrected chi connectivity index (χ1v) is 15.5. The molecule has 4 rings (SSSR count). The van der Waals surface area contributed by atoms with Gasteiger partial charge in [-0.3, -0.25) is 15.0 Å². The van der Waals surface area contributed by atoms with Gasteiger partial charge in [-0.1, -0.05) is 75.1 Å². The number of nitrogens with two attached hydrogens (primary N) is 1. The van der Waals surface area contributed by atoms with Gasteiger partial charge in [0.1, 0.15) is 11.9 Å². The van der Waals surface area contributed by atoms with Gasteiger partial charge in [0.05, 0.1) is 28.6 Å².